The van der Waals surface area contributed by atoms with Crippen LogP contribution in [-0.4, -0.2) is 5.71 Å². The van der Waals surface area contributed by atoms with Crippen molar-refractivity contribution in [3.05, 3.63) is 88.8 Å². The van der Waals surface area contributed by atoms with Crippen LogP contribution in [0.1, 0.15) is 29.3 Å². The van der Waals surface area contributed by atoms with Crippen LogP contribution in [0.25, 0.3) is 0 Å². The van der Waals surface area contributed by atoms with Gasteiger partial charge in [-0.15, -0.1) is 0 Å². The molecule has 4 rings (SSSR count). The fourth-order valence-electron chi connectivity index (χ4n) is 3.05. The van der Waals surface area contributed by atoms with Crippen LogP contribution < -0.4 is 5.01 Å². The Bertz CT molecular complexity index is 869. The highest BCUT2D eigenvalue weighted by molar-refractivity contribution is 6.30. The van der Waals surface area contributed by atoms with Crippen LogP contribution in [0.5, 0.6) is 0 Å². The minimum atomic E-state index is 0.129. The van der Waals surface area contributed by atoms with E-state index in [1.54, 1.807) is 6.26 Å². The van der Waals surface area contributed by atoms with E-state index in [1.807, 2.05) is 24.3 Å². The first kappa shape index (κ1) is 15.0. The Kier molecular flexibility index (Phi) is 3.87. The lowest BCUT2D eigenvalue weighted by molar-refractivity contribution is 0.556. The van der Waals surface area contributed by atoms with Gasteiger partial charge in [-0.1, -0.05) is 35.9 Å². The largest absolute Gasteiger partial charge is 0.463 e. The topological polar surface area (TPSA) is 28.7 Å². The lowest BCUT2D eigenvalue weighted by Crippen LogP contribution is -2.18. The number of halogens is 1. The fourth-order valence-corrected chi connectivity index (χ4v) is 3.18. The Balaban J connectivity index is 1.76. The summed E-state index contributed by atoms with van der Waals surface area (Å²) in [4.78, 5) is 0. The summed E-state index contributed by atoms with van der Waals surface area (Å²) in [6.45, 7) is 2.09. The van der Waals surface area contributed by atoms with Gasteiger partial charge in [0.2, 0.25) is 0 Å². The van der Waals surface area contributed by atoms with E-state index >= 15 is 0 Å². The average molecular weight is 337 g/mol. The van der Waals surface area contributed by atoms with Crippen molar-refractivity contribution >= 4 is 23.0 Å². The predicted molar refractivity (Wildman–Crippen MR) is 97.7 cm³/mol. The van der Waals surface area contributed by atoms with Crippen molar-refractivity contribution in [2.24, 2.45) is 5.10 Å². The van der Waals surface area contributed by atoms with Crippen LogP contribution in [0.2, 0.25) is 5.02 Å². The molecule has 0 saturated carbocycles. The van der Waals surface area contributed by atoms with Gasteiger partial charge in [-0.2, -0.15) is 5.10 Å². The summed E-state index contributed by atoms with van der Waals surface area (Å²) in [6.07, 6.45) is 2.48. The van der Waals surface area contributed by atoms with Crippen molar-refractivity contribution in [2.45, 2.75) is 19.4 Å². The van der Waals surface area contributed by atoms with Gasteiger partial charge < -0.3 is 4.42 Å². The van der Waals surface area contributed by atoms with E-state index in [-0.39, 0.29) is 6.04 Å². The molecule has 3 nitrogen and oxygen atoms in total. The maximum Gasteiger partial charge on any atom is 0.149 e. The van der Waals surface area contributed by atoms with Crippen molar-refractivity contribution in [1.29, 1.82) is 0 Å². The number of furan rings is 1. The molecule has 0 radical (unpaired) electrons. The van der Waals surface area contributed by atoms with Crippen molar-refractivity contribution in [1.82, 2.24) is 0 Å². The van der Waals surface area contributed by atoms with Crippen molar-refractivity contribution in [2.75, 3.05) is 5.01 Å². The zero-order valence-electron chi connectivity index (χ0n) is 13.3. The molecule has 0 aliphatic carbocycles. The van der Waals surface area contributed by atoms with Crippen LogP contribution in [0.15, 0.2) is 76.4 Å². The monoisotopic (exact) mass is 336 g/mol. The third kappa shape index (κ3) is 2.83. The molecule has 120 valence electrons. The van der Waals surface area contributed by atoms with Gasteiger partial charge >= 0.3 is 0 Å². The number of hydrogen-bond donors (Lipinski definition) is 0. The molecule has 1 aromatic heterocycles. The fraction of sp³-hybridized carbons (Fsp3) is 0.150. The van der Waals surface area contributed by atoms with E-state index in [1.165, 1.54) is 11.1 Å². The maximum atomic E-state index is 6.05. The van der Waals surface area contributed by atoms with Gasteiger partial charge in [-0.05, 0) is 54.4 Å². The second kappa shape index (κ2) is 6.17. The summed E-state index contributed by atoms with van der Waals surface area (Å²) in [7, 11) is 0. The SMILES string of the molecule is Cc1cccc(N2N=C(c3ccco3)CC2c2ccc(Cl)cc2)c1. The Morgan fingerprint density at radius 1 is 1.08 bits per heavy atom. The summed E-state index contributed by atoms with van der Waals surface area (Å²) in [5.41, 5.74) is 4.44. The molecule has 0 spiro atoms. The molecule has 0 saturated heterocycles. The highest BCUT2D eigenvalue weighted by Gasteiger charge is 2.30. The maximum absolute atomic E-state index is 6.05. The quantitative estimate of drug-likeness (QED) is 0.623. The zero-order chi connectivity index (χ0) is 16.5. The van der Waals surface area contributed by atoms with Crippen molar-refractivity contribution < 1.29 is 4.42 Å². The number of hydrazone groups is 1. The highest BCUT2D eigenvalue weighted by Crippen LogP contribution is 2.37. The number of hydrogen-bond acceptors (Lipinski definition) is 3. The first-order valence-electron chi connectivity index (χ1n) is 7.93. The summed E-state index contributed by atoms with van der Waals surface area (Å²) in [6, 6.07) is 20.4. The lowest BCUT2D eigenvalue weighted by Gasteiger charge is -2.24. The molecule has 2 aromatic carbocycles. The summed E-state index contributed by atoms with van der Waals surface area (Å²) < 4.78 is 5.55. The molecule has 0 bridgehead atoms. The molecule has 4 heteroatoms. The minimum Gasteiger partial charge on any atom is -0.463 e. The van der Waals surface area contributed by atoms with E-state index in [2.05, 4.69) is 48.3 Å². The van der Waals surface area contributed by atoms with Crippen LogP contribution in [-0.2, 0) is 0 Å². The summed E-state index contributed by atoms with van der Waals surface area (Å²) >= 11 is 6.05. The molecular formula is C20H17ClN2O. The lowest BCUT2D eigenvalue weighted by atomic mass is 10.0. The van der Waals surface area contributed by atoms with Gasteiger partial charge in [0.15, 0.2) is 0 Å². The molecule has 2 heterocycles. The molecule has 0 N–H and O–H groups in total. The first-order valence-corrected chi connectivity index (χ1v) is 8.31. The van der Waals surface area contributed by atoms with Crippen LogP contribution >= 0.6 is 11.6 Å². The molecular weight excluding hydrogens is 320 g/mol. The van der Waals surface area contributed by atoms with E-state index in [9.17, 15) is 0 Å². The minimum absolute atomic E-state index is 0.129. The molecule has 0 fully saturated rings. The van der Waals surface area contributed by atoms with Crippen LogP contribution in [0.4, 0.5) is 5.69 Å². The van der Waals surface area contributed by atoms with Gasteiger partial charge in [0.1, 0.15) is 11.5 Å². The second-order valence-corrected chi connectivity index (χ2v) is 6.42. The molecule has 0 amide bonds. The smallest absolute Gasteiger partial charge is 0.149 e. The van der Waals surface area contributed by atoms with E-state index < -0.39 is 0 Å². The summed E-state index contributed by atoms with van der Waals surface area (Å²) in [5, 5.41) is 7.66. The summed E-state index contributed by atoms with van der Waals surface area (Å²) in [5.74, 6) is 0.823. The average Bonchev–Trinajstić information content (AvgIpc) is 3.25. The van der Waals surface area contributed by atoms with Gasteiger partial charge in [-0.3, -0.25) is 5.01 Å². The third-order valence-electron chi connectivity index (χ3n) is 4.24. The number of benzene rings is 2. The third-order valence-corrected chi connectivity index (χ3v) is 4.49. The zero-order valence-corrected chi connectivity index (χ0v) is 14.1. The van der Waals surface area contributed by atoms with Crippen molar-refractivity contribution in [3.8, 4) is 0 Å². The number of aryl methyl sites for hydroxylation is 1. The number of anilines is 1. The number of nitrogens with zero attached hydrogens (tertiary/aromatic N) is 2. The normalized spacial score (nSPS) is 17.2. The Morgan fingerprint density at radius 3 is 2.62 bits per heavy atom. The molecule has 3 aromatic rings. The standard InChI is InChI=1S/C20H17ClN2O/c1-14-4-2-5-17(12-14)23-19(15-7-9-16(21)10-8-15)13-18(22-23)20-6-3-11-24-20/h2-12,19H,13H2,1H3. The Hall–Kier alpha value is -2.52. The van der Waals surface area contributed by atoms with E-state index in [0.717, 1.165) is 28.6 Å². The molecule has 1 unspecified atom stereocenters. The Morgan fingerprint density at radius 2 is 1.92 bits per heavy atom. The predicted octanol–water partition coefficient (Wildman–Crippen LogP) is 5.60. The van der Waals surface area contributed by atoms with E-state index in [0.29, 0.717) is 0 Å². The second-order valence-electron chi connectivity index (χ2n) is 5.98. The molecule has 24 heavy (non-hydrogen) atoms. The van der Waals surface area contributed by atoms with Crippen LogP contribution in [0, 0.1) is 6.92 Å². The highest BCUT2D eigenvalue weighted by atomic mass is 35.5. The van der Waals surface area contributed by atoms with Crippen molar-refractivity contribution in [3.63, 3.8) is 0 Å². The van der Waals surface area contributed by atoms with Gasteiger partial charge in [-0.25, -0.2) is 0 Å². The first-order chi connectivity index (χ1) is 11.7. The van der Waals surface area contributed by atoms with Gasteiger partial charge in [0.05, 0.1) is 18.0 Å². The van der Waals surface area contributed by atoms with E-state index in [4.69, 9.17) is 21.1 Å². The molecule has 1 aliphatic rings. The Labute approximate surface area is 146 Å². The molecule has 1 aliphatic heterocycles. The van der Waals surface area contributed by atoms with Gasteiger partial charge in [0, 0.05) is 11.4 Å². The number of rotatable bonds is 3. The molecule has 1 atom stereocenters. The van der Waals surface area contributed by atoms with Gasteiger partial charge in [0.25, 0.3) is 0 Å². The van der Waals surface area contributed by atoms with Crippen LogP contribution in [0.3, 0.4) is 0 Å².